The highest BCUT2D eigenvalue weighted by atomic mass is 32.2. The van der Waals surface area contributed by atoms with Crippen molar-refractivity contribution in [1.29, 1.82) is 0 Å². The Labute approximate surface area is 169 Å². The largest absolute Gasteiger partial charge is 0.497 e. The van der Waals surface area contributed by atoms with Gasteiger partial charge in [0.15, 0.2) is 0 Å². The van der Waals surface area contributed by atoms with Gasteiger partial charge in [0, 0.05) is 16.7 Å². The number of aliphatic imine (C=N–C) groups is 1. The number of nitrogens with zero attached hydrogens (tertiary/aromatic N) is 1. The molecule has 3 rings (SSSR count). The van der Waals surface area contributed by atoms with E-state index in [4.69, 9.17) is 9.47 Å². The summed E-state index contributed by atoms with van der Waals surface area (Å²) in [5.41, 5.74) is 1.92. The van der Waals surface area contributed by atoms with Crippen LogP contribution in [0.1, 0.15) is 10.4 Å². The summed E-state index contributed by atoms with van der Waals surface area (Å²) in [4.78, 5) is 29.0. The lowest BCUT2D eigenvalue weighted by atomic mass is 10.0. The maximum atomic E-state index is 12.3. The van der Waals surface area contributed by atoms with Gasteiger partial charge in [-0.15, -0.1) is 11.3 Å². The zero-order chi connectivity index (χ0) is 19.2. The zero-order valence-electron chi connectivity index (χ0n) is 14.8. The Morgan fingerprint density at radius 3 is 2.67 bits per heavy atom. The molecule has 1 aliphatic rings. The Morgan fingerprint density at radius 1 is 1.26 bits per heavy atom. The highest BCUT2D eigenvalue weighted by Crippen LogP contribution is 2.37. The second-order valence-electron chi connectivity index (χ2n) is 5.41. The van der Waals surface area contributed by atoms with Crippen LogP contribution in [0.4, 0.5) is 5.00 Å². The molecule has 9 heteroatoms. The number of esters is 1. The highest BCUT2D eigenvalue weighted by molar-refractivity contribution is 8.39. The molecular formula is C18H18N2O4S3. The van der Waals surface area contributed by atoms with Crippen LogP contribution in [-0.4, -0.2) is 48.5 Å². The fourth-order valence-corrected chi connectivity index (χ4v) is 5.21. The van der Waals surface area contributed by atoms with E-state index in [1.807, 2.05) is 29.6 Å². The van der Waals surface area contributed by atoms with Crippen LogP contribution in [-0.2, 0) is 9.53 Å². The van der Waals surface area contributed by atoms with Gasteiger partial charge in [0.05, 0.1) is 26.5 Å². The number of carbonyl (C=O) groups excluding carboxylic acids is 2. The lowest BCUT2D eigenvalue weighted by Crippen LogP contribution is -2.16. The van der Waals surface area contributed by atoms with Crippen LogP contribution in [0.3, 0.4) is 0 Å². The van der Waals surface area contributed by atoms with E-state index in [2.05, 4.69) is 10.3 Å². The third-order valence-electron chi connectivity index (χ3n) is 3.72. The van der Waals surface area contributed by atoms with Gasteiger partial charge in [-0.25, -0.2) is 4.79 Å². The van der Waals surface area contributed by atoms with E-state index in [1.54, 1.807) is 18.9 Å². The quantitative estimate of drug-likeness (QED) is 0.710. The Kier molecular flexibility index (Phi) is 6.81. The maximum Gasteiger partial charge on any atom is 0.341 e. The number of thiophene rings is 1. The number of hydrogen-bond acceptors (Lipinski definition) is 8. The summed E-state index contributed by atoms with van der Waals surface area (Å²) in [7, 11) is 2.93. The van der Waals surface area contributed by atoms with E-state index in [-0.39, 0.29) is 11.7 Å². The molecule has 1 aromatic heterocycles. The van der Waals surface area contributed by atoms with Gasteiger partial charge >= 0.3 is 5.97 Å². The molecule has 6 nitrogen and oxygen atoms in total. The van der Waals surface area contributed by atoms with Crippen molar-refractivity contribution in [3.05, 3.63) is 35.2 Å². The second-order valence-corrected chi connectivity index (χ2v) is 8.59. The van der Waals surface area contributed by atoms with Gasteiger partial charge in [0.1, 0.15) is 20.7 Å². The Balaban J connectivity index is 1.79. The normalized spacial score (nSPS) is 13.2. The minimum absolute atomic E-state index is 0.177. The summed E-state index contributed by atoms with van der Waals surface area (Å²) in [6.45, 7) is 0.803. The molecule has 1 aromatic carbocycles. The van der Waals surface area contributed by atoms with E-state index in [0.717, 1.165) is 28.0 Å². The minimum atomic E-state index is -0.485. The standard InChI is InChI=1S/C18H18N2O4S3/c1-23-12-5-3-11(4-6-12)13-9-26-16(15(13)17(22)24-2)20-14(21)10-27-18-19-7-8-25-18/h3-6,9H,7-8,10H2,1-2H3,(H,20,21). The molecule has 0 bridgehead atoms. The van der Waals surface area contributed by atoms with E-state index in [1.165, 1.54) is 30.2 Å². The van der Waals surface area contributed by atoms with Crippen LogP contribution in [0.15, 0.2) is 34.6 Å². The fourth-order valence-electron chi connectivity index (χ4n) is 2.43. The average Bonchev–Trinajstić information content (AvgIpc) is 3.36. The number of ether oxygens (including phenoxy) is 2. The van der Waals surface area contributed by atoms with Crippen LogP contribution in [0.5, 0.6) is 5.75 Å². The van der Waals surface area contributed by atoms with Crippen molar-refractivity contribution in [2.45, 2.75) is 0 Å². The van der Waals surface area contributed by atoms with Gasteiger partial charge in [-0.1, -0.05) is 35.7 Å². The van der Waals surface area contributed by atoms with E-state index >= 15 is 0 Å². The molecule has 0 aliphatic carbocycles. The van der Waals surface area contributed by atoms with Gasteiger partial charge in [-0.3, -0.25) is 9.79 Å². The predicted octanol–water partition coefficient (Wildman–Crippen LogP) is 3.98. The molecule has 2 heterocycles. The molecule has 2 aromatic rings. The first kappa shape index (κ1) is 19.8. The first-order chi connectivity index (χ1) is 13.1. The van der Waals surface area contributed by atoms with Crippen LogP contribution in [0, 0.1) is 0 Å². The van der Waals surface area contributed by atoms with Gasteiger partial charge in [0.25, 0.3) is 0 Å². The van der Waals surface area contributed by atoms with Crippen LogP contribution in [0.2, 0.25) is 0 Å². The number of hydrogen-bond donors (Lipinski definition) is 1. The molecule has 1 N–H and O–H groups in total. The van der Waals surface area contributed by atoms with E-state index in [0.29, 0.717) is 16.1 Å². The van der Waals surface area contributed by atoms with Gasteiger partial charge in [-0.05, 0) is 17.7 Å². The maximum absolute atomic E-state index is 12.3. The van der Waals surface area contributed by atoms with Gasteiger partial charge in [-0.2, -0.15) is 0 Å². The molecule has 142 valence electrons. The average molecular weight is 423 g/mol. The van der Waals surface area contributed by atoms with Crippen molar-refractivity contribution in [3.8, 4) is 16.9 Å². The molecule has 0 radical (unpaired) electrons. The molecular weight excluding hydrogens is 404 g/mol. The zero-order valence-corrected chi connectivity index (χ0v) is 17.3. The molecule has 0 saturated heterocycles. The summed E-state index contributed by atoms with van der Waals surface area (Å²) in [5.74, 6) is 1.28. The number of thioether (sulfide) groups is 2. The first-order valence-corrected chi connectivity index (χ1v) is 10.9. The molecule has 27 heavy (non-hydrogen) atoms. The van der Waals surface area contributed by atoms with Crippen LogP contribution >= 0.6 is 34.9 Å². The molecule has 1 aliphatic heterocycles. The van der Waals surface area contributed by atoms with Crippen molar-refractivity contribution in [2.75, 3.05) is 37.6 Å². The van der Waals surface area contributed by atoms with Crippen LogP contribution in [0.25, 0.3) is 11.1 Å². The third-order valence-corrected chi connectivity index (χ3v) is 6.87. The lowest BCUT2D eigenvalue weighted by Gasteiger charge is -2.08. The highest BCUT2D eigenvalue weighted by Gasteiger charge is 2.22. The second kappa shape index (κ2) is 9.29. The minimum Gasteiger partial charge on any atom is -0.497 e. The monoisotopic (exact) mass is 422 g/mol. The number of amides is 1. The smallest absolute Gasteiger partial charge is 0.341 e. The number of rotatable bonds is 6. The van der Waals surface area contributed by atoms with Crippen molar-refractivity contribution < 1.29 is 19.1 Å². The molecule has 0 unspecified atom stereocenters. The van der Waals surface area contributed by atoms with Gasteiger partial charge < -0.3 is 14.8 Å². The van der Waals surface area contributed by atoms with E-state index < -0.39 is 5.97 Å². The number of carbonyl (C=O) groups is 2. The number of methoxy groups -OCH3 is 2. The predicted molar refractivity (Wildman–Crippen MR) is 113 cm³/mol. The first-order valence-electron chi connectivity index (χ1n) is 8.06. The number of nitrogens with one attached hydrogen (secondary N) is 1. The van der Waals surface area contributed by atoms with Crippen LogP contribution < -0.4 is 10.1 Å². The SMILES string of the molecule is COC(=O)c1c(-c2ccc(OC)cc2)csc1NC(=O)CSC1=NCCS1. The molecule has 0 fully saturated rings. The van der Waals surface area contributed by atoms with E-state index in [9.17, 15) is 9.59 Å². The van der Waals surface area contributed by atoms with Crippen molar-refractivity contribution in [3.63, 3.8) is 0 Å². The molecule has 1 amide bonds. The molecule has 0 saturated carbocycles. The topological polar surface area (TPSA) is 77.0 Å². The van der Waals surface area contributed by atoms with Gasteiger partial charge in [0.2, 0.25) is 5.91 Å². The molecule has 0 atom stereocenters. The summed E-state index contributed by atoms with van der Waals surface area (Å²) in [5, 5.41) is 5.16. The Bertz CT molecular complexity index is 862. The summed E-state index contributed by atoms with van der Waals surface area (Å²) >= 11 is 4.37. The number of anilines is 1. The fraction of sp³-hybridized carbons (Fsp3) is 0.278. The Hall–Kier alpha value is -1.97. The summed E-state index contributed by atoms with van der Waals surface area (Å²) in [6, 6.07) is 7.38. The van der Waals surface area contributed by atoms with Crippen molar-refractivity contribution >= 4 is 56.1 Å². The number of benzene rings is 1. The Morgan fingerprint density at radius 2 is 2.04 bits per heavy atom. The molecule has 0 spiro atoms. The van der Waals surface area contributed by atoms with Crippen molar-refractivity contribution in [1.82, 2.24) is 0 Å². The summed E-state index contributed by atoms with van der Waals surface area (Å²) < 4.78 is 11.0. The van der Waals surface area contributed by atoms with Crippen molar-refractivity contribution in [2.24, 2.45) is 4.99 Å². The lowest BCUT2D eigenvalue weighted by molar-refractivity contribution is -0.113. The summed E-state index contributed by atoms with van der Waals surface area (Å²) in [6.07, 6.45) is 0. The third kappa shape index (κ3) is 4.85.